The molecular formula is C7H15IN2O2. The number of aliphatic hydroxyl groups excluding tert-OH is 1. The van der Waals surface area contributed by atoms with Gasteiger partial charge < -0.3 is 9.84 Å². The van der Waals surface area contributed by atoms with Gasteiger partial charge in [0.1, 0.15) is 0 Å². The number of hydrogen-bond donors (Lipinski definition) is 2. The van der Waals surface area contributed by atoms with Crippen molar-refractivity contribution in [2.24, 2.45) is 5.10 Å². The second-order valence-corrected chi connectivity index (χ2v) is 4.88. The molecule has 0 aromatic rings. The number of hydrazone groups is 1. The van der Waals surface area contributed by atoms with Crippen LogP contribution in [0.5, 0.6) is 0 Å². The first-order valence-electron chi connectivity index (χ1n) is 3.62. The smallest absolute Gasteiger partial charge is 0.251 e. The lowest BCUT2D eigenvalue weighted by Crippen LogP contribution is -2.35. The van der Waals surface area contributed by atoms with Crippen LogP contribution in [0.4, 0.5) is 0 Å². The average Bonchev–Trinajstić information content (AvgIpc) is 1.79. The maximum Gasteiger partial charge on any atom is 0.251 e. The molecule has 0 spiro atoms. The summed E-state index contributed by atoms with van der Waals surface area (Å²) in [6, 6.07) is 0. The topological polar surface area (TPSA) is 53.9 Å². The lowest BCUT2D eigenvalue weighted by Gasteiger charge is -2.23. The largest absolute Gasteiger partial charge is 0.350 e. The molecule has 0 aliphatic carbocycles. The number of hydrogen-bond acceptors (Lipinski definition) is 4. The standard InChI is InChI=1S/C7H15IN2O2/c1-5(8)9-10-6(11)12-7(2,3)4/h6,10-11H,1-4H3/b9-5-/t6-/m1/s1. The molecule has 0 radical (unpaired) electrons. The molecule has 1 atom stereocenters. The van der Waals surface area contributed by atoms with Crippen LogP contribution in [0.1, 0.15) is 27.7 Å². The van der Waals surface area contributed by atoms with E-state index in [0.717, 1.165) is 3.72 Å². The highest BCUT2D eigenvalue weighted by molar-refractivity contribution is 14.1. The van der Waals surface area contributed by atoms with Gasteiger partial charge >= 0.3 is 0 Å². The molecule has 0 unspecified atom stereocenters. The van der Waals surface area contributed by atoms with Crippen LogP contribution in [0.2, 0.25) is 0 Å². The van der Waals surface area contributed by atoms with Gasteiger partial charge in [-0.15, -0.1) is 0 Å². The Morgan fingerprint density at radius 1 is 1.58 bits per heavy atom. The molecule has 4 nitrogen and oxygen atoms in total. The summed E-state index contributed by atoms with van der Waals surface area (Å²) in [5.74, 6) is 0. The first-order chi connectivity index (χ1) is 5.31. The zero-order valence-electron chi connectivity index (χ0n) is 7.76. The van der Waals surface area contributed by atoms with Gasteiger partial charge in [-0.1, -0.05) is 0 Å². The third-order valence-electron chi connectivity index (χ3n) is 0.794. The van der Waals surface area contributed by atoms with Crippen LogP contribution in [0.3, 0.4) is 0 Å². The highest BCUT2D eigenvalue weighted by Crippen LogP contribution is 2.07. The number of nitrogens with zero attached hydrogens (tertiary/aromatic N) is 1. The molecule has 0 rings (SSSR count). The zero-order chi connectivity index (χ0) is 9.78. The molecule has 2 N–H and O–H groups in total. The predicted octanol–water partition coefficient (Wildman–Crippen LogP) is 1.44. The molecule has 72 valence electrons. The van der Waals surface area contributed by atoms with E-state index in [2.05, 4.69) is 10.5 Å². The van der Waals surface area contributed by atoms with Gasteiger partial charge in [-0.2, -0.15) is 5.10 Å². The summed E-state index contributed by atoms with van der Waals surface area (Å²) < 4.78 is 5.93. The second kappa shape index (κ2) is 4.98. The van der Waals surface area contributed by atoms with E-state index in [-0.39, 0.29) is 5.60 Å². The molecule has 0 saturated heterocycles. The first kappa shape index (κ1) is 12.1. The summed E-state index contributed by atoms with van der Waals surface area (Å²) in [7, 11) is 0. The highest BCUT2D eigenvalue weighted by Gasteiger charge is 2.15. The third-order valence-corrected chi connectivity index (χ3v) is 1.04. The highest BCUT2D eigenvalue weighted by atomic mass is 127. The number of rotatable bonds is 3. The van der Waals surface area contributed by atoms with Gasteiger partial charge in [0.15, 0.2) is 0 Å². The Labute approximate surface area is 86.5 Å². The van der Waals surface area contributed by atoms with Crippen LogP contribution in [0.15, 0.2) is 5.10 Å². The van der Waals surface area contributed by atoms with Crippen molar-refractivity contribution in [1.29, 1.82) is 0 Å². The van der Waals surface area contributed by atoms with Gasteiger partial charge in [-0.25, -0.2) is 0 Å². The summed E-state index contributed by atoms with van der Waals surface area (Å²) in [5.41, 5.74) is 2.08. The minimum Gasteiger partial charge on any atom is -0.350 e. The number of nitrogens with one attached hydrogen (secondary N) is 1. The van der Waals surface area contributed by atoms with Crippen molar-refractivity contribution in [1.82, 2.24) is 5.43 Å². The summed E-state index contributed by atoms with van der Waals surface area (Å²) in [4.78, 5) is 0. The van der Waals surface area contributed by atoms with Crippen molar-refractivity contribution in [3.05, 3.63) is 0 Å². The molecule has 0 fully saturated rings. The molecule has 0 aromatic heterocycles. The molecule has 0 amide bonds. The molecule has 0 bridgehead atoms. The lowest BCUT2D eigenvalue weighted by molar-refractivity contribution is -0.181. The Morgan fingerprint density at radius 3 is 2.42 bits per heavy atom. The van der Waals surface area contributed by atoms with Gasteiger partial charge in [0.2, 0.25) is 0 Å². The SMILES string of the molecule is C/C(I)=N/N[C@H](O)OC(C)(C)C. The lowest BCUT2D eigenvalue weighted by atomic mass is 10.2. The fraction of sp³-hybridized carbons (Fsp3) is 0.857. The van der Waals surface area contributed by atoms with E-state index in [1.165, 1.54) is 0 Å². The summed E-state index contributed by atoms with van der Waals surface area (Å²) in [6.07, 6.45) is -1.05. The molecule has 5 heteroatoms. The molecule has 0 aliphatic heterocycles. The maximum atomic E-state index is 9.19. The molecule has 0 saturated carbocycles. The normalized spacial score (nSPS) is 16.0. The number of aliphatic hydroxyl groups is 1. The monoisotopic (exact) mass is 286 g/mol. The van der Waals surface area contributed by atoms with Crippen LogP contribution < -0.4 is 5.43 Å². The second-order valence-electron chi connectivity index (χ2n) is 3.32. The van der Waals surface area contributed by atoms with Crippen molar-refractivity contribution in [3.63, 3.8) is 0 Å². The van der Waals surface area contributed by atoms with Crippen molar-refractivity contribution < 1.29 is 9.84 Å². The Hall–Kier alpha value is 0.120. The summed E-state index contributed by atoms with van der Waals surface area (Å²) in [5, 5.41) is 13.0. The van der Waals surface area contributed by atoms with E-state index < -0.39 is 6.41 Å². The molecule has 12 heavy (non-hydrogen) atoms. The Bertz CT molecular complexity index is 161. The van der Waals surface area contributed by atoms with Gasteiger partial charge in [0.25, 0.3) is 6.41 Å². The van der Waals surface area contributed by atoms with Crippen LogP contribution in [-0.4, -0.2) is 20.8 Å². The van der Waals surface area contributed by atoms with Gasteiger partial charge in [-0.05, 0) is 50.3 Å². The number of ether oxygens (including phenoxy) is 1. The van der Waals surface area contributed by atoms with Crippen molar-refractivity contribution >= 4 is 26.3 Å². The minimum absolute atomic E-state index is 0.374. The van der Waals surface area contributed by atoms with E-state index in [0.29, 0.717) is 0 Å². The van der Waals surface area contributed by atoms with E-state index >= 15 is 0 Å². The van der Waals surface area contributed by atoms with E-state index in [9.17, 15) is 5.11 Å². The molecule has 0 heterocycles. The third kappa shape index (κ3) is 8.22. The Kier molecular flexibility index (Phi) is 5.03. The zero-order valence-corrected chi connectivity index (χ0v) is 9.92. The average molecular weight is 286 g/mol. The van der Waals surface area contributed by atoms with Crippen LogP contribution >= 0.6 is 22.6 Å². The van der Waals surface area contributed by atoms with Crippen LogP contribution in [0, 0.1) is 0 Å². The predicted molar refractivity (Wildman–Crippen MR) is 57.1 cm³/mol. The van der Waals surface area contributed by atoms with Crippen molar-refractivity contribution in [2.75, 3.05) is 0 Å². The molecule has 0 aromatic carbocycles. The molecule has 0 aliphatic rings. The molecular weight excluding hydrogens is 271 g/mol. The maximum absolute atomic E-state index is 9.19. The van der Waals surface area contributed by atoms with E-state index in [4.69, 9.17) is 4.74 Å². The van der Waals surface area contributed by atoms with Gasteiger partial charge in [0, 0.05) is 0 Å². The van der Waals surface area contributed by atoms with E-state index in [1.54, 1.807) is 0 Å². The Balaban J connectivity index is 3.75. The van der Waals surface area contributed by atoms with Crippen molar-refractivity contribution in [3.8, 4) is 0 Å². The summed E-state index contributed by atoms with van der Waals surface area (Å²) >= 11 is 2.03. The fourth-order valence-electron chi connectivity index (χ4n) is 0.505. The quantitative estimate of drug-likeness (QED) is 0.357. The fourth-order valence-corrected chi connectivity index (χ4v) is 0.645. The van der Waals surface area contributed by atoms with E-state index in [1.807, 2.05) is 50.3 Å². The van der Waals surface area contributed by atoms with Crippen LogP contribution in [0.25, 0.3) is 0 Å². The van der Waals surface area contributed by atoms with Gasteiger partial charge in [-0.3, -0.25) is 5.43 Å². The minimum atomic E-state index is -1.05. The van der Waals surface area contributed by atoms with Crippen LogP contribution in [-0.2, 0) is 4.74 Å². The Morgan fingerprint density at radius 2 is 2.08 bits per heavy atom. The summed E-state index contributed by atoms with van der Waals surface area (Å²) in [6.45, 7) is 7.40. The number of halogens is 1. The first-order valence-corrected chi connectivity index (χ1v) is 4.70. The van der Waals surface area contributed by atoms with Gasteiger partial charge in [0.05, 0.1) is 9.32 Å². The van der Waals surface area contributed by atoms with Crippen molar-refractivity contribution in [2.45, 2.75) is 39.7 Å².